The molecule has 0 amide bonds. The molecule has 1 heterocycles. The Labute approximate surface area is 191 Å². The minimum atomic E-state index is -4.22. The number of benzene rings is 3. The molecule has 12 heteroatoms. The zero-order valence-corrected chi connectivity index (χ0v) is 19.9. The largest absolute Gasteiger partial charge is 0.280 e. The van der Waals surface area contributed by atoms with Crippen molar-refractivity contribution in [3.05, 3.63) is 66.7 Å². The van der Waals surface area contributed by atoms with Crippen molar-refractivity contribution in [1.29, 1.82) is 0 Å². The average Bonchev–Trinajstić information content (AvgIpc) is 3.15. The molecule has 2 N–H and O–H groups in total. The van der Waals surface area contributed by atoms with Gasteiger partial charge in [0.25, 0.3) is 10.0 Å². The van der Waals surface area contributed by atoms with Gasteiger partial charge in [-0.25, -0.2) is 25.3 Å². The van der Waals surface area contributed by atoms with E-state index in [1.807, 2.05) is 0 Å². The second-order valence-electron chi connectivity index (χ2n) is 7.46. The summed E-state index contributed by atoms with van der Waals surface area (Å²) in [5.74, 6) is 0. The van der Waals surface area contributed by atoms with E-state index in [4.69, 9.17) is 0 Å². The molecular weight excluding hydrogens is 486 g/mol. The van der Waals surface area contributed by atoms with Crippen LogP contribution in [0.1, 0.15) is 0 Å². The number of sulfone groups is 2. The Bertz CT molecular complexity index is 1710. The summed E-state index contributed by atoms with van der Waals surface area (Å²) in [6.07, 6.45) is 2.05. The van der Waals surface area contributed by atoms with Gasteiger partial charge in [0.2, 0.25) is 0 Å². The standard InChI is InChI=1S/C21H19N3O6S3/c1-31(25,26)16-7-5-6-14(12-16)21-17-13-15(10-11-18(17)22-23-21)24-33(29,30)20-9-4-3-8-19(20)32(2,27)28/h3-13,24H,1-2H3,(H,22,23). The van der Waals surface area contributed by atoms with Crippen LogP contribution >= 0.6 is 0 Å². The van der Waals surface area contributed by atoms with Crippen LogP contribution in [-0.4, -0.2) is 48.0 Å². The molecule has 0 radical (unpaired) electrons. The summed E-state index contributed by atoms with van der Waals surface area (Å²) in [4.78, 5) is -0.536. The Balaban J connectivity index is 1.78. The van der Waals surface area contributed by atoms with E-state index in [0.29, 0.717) is 22.2 Å². The molecule has 0 atom stereocenters. The predicted molar refractivity (Wildman–Crippen MR) is 125 cm³/mol. The van der Waals surface area contributed by atoms with Gasteiger partial charge in [-0.1, -0.05) is 24.3 Å². The number of hydrogen-bond acceptors (Lipinski definition) is 7. The fourth-order valence-corrected chi connectivity index (χ4v) is 6.71. The minimum Gasteiger partial charge on any atom is -0.280 e. The van der Waals surface area contributed by atoms with E-state index in [9.17, 15) is 25.3 Å². The SMILES string of the molecule is CS(=O)(=O)c1cccc(-c2n[nH]c3ccc(NS(=O)(=O)c4ccccc4S(C)(=O)=O)cc23)c1. The lowest BCUT2D eigenvalue weighted by Gasteiger charge is -2.11. The number of sulfonamides is 1. The van der Waals surface area contributed by atoms with E-state index in [1.54, 1.807) is 24.3 Å². The zero-order valence-electron chi connectivity index (χ0n) is 17.5. The van der Waals surface area contributed by atoms with Crippen molar-refractivity contribution in [2.75, 3.05) is 17.2 Å². The molecule has 0 saturated heterocycles. The van der Waals surface area contributed by atoms with Gasteiger partial charge < -0.3 is 0 Å². The maximum atomic E-state index is 13.0. The number of H-pyrrole nitrogens is 1. The number of nitrogens with one attached hydrogen (secondary N) is 2. The lowest BCUT2D eigenvalue weighted by molar-refractivity contribution is 0.588. The smallest absolute Gasteiger partial charge is 0.263 e. The molecule has 0 unspecified atom stereocenters. The molecule has 0 bridgehead atoms. The van der Waals surface area contributed by atoms with E-state index < -0.39 is 29.7 Å². The van der Waals surface area contributed by atoms with Gasteiger partial charge in [0.1, 0.15) is 10.6 Å². The molecule has 0 saturated carbocycles. The fourth-order valence-electron chi connectivity index (χ4n) is 3.36. The predicted octanol–water partition coefficient (Wildman–Crippen LogP) is 2.84. The van der Waals surface area contributed by atoms with Gasteiger partial charge in [-0.15, -0.1) is 0 Å². The van der Waals surface area contributed by atoms with Gasteiger partial charge in [0, 0.05) is 29.1 Å². The summed E-state index contributed by atoms with van der Waals surface area (Å²) in [5.41, 5.74) is 1.77. The van der Waals surface area contributed by atoms with Crippen LogP contribution in [0, 0.1) is 0 Å². The molecule has 3 aromatic carbocycles. The van der Waals surface area contributed by atoms with Crippen LogP contribution in [0.15, 0.2) is 81.4 Å². The third kappa shape index (κ3) is 4.63. The molecule has 0 aliphatic rings. The Kier molecular flexibility index (Phi) is 5.55. The second kappa shape index (κ2) is 7.97. The highest BCUT2D eigenvalue weighted by atomic mass is 32.2. The van der Waals surface area contributed by atoms with E-state index in [1.165, 1.54) is 42.5 Å². The van der Waals surface area contributed by atoms with Crippen LogP contribution in [0.25, 0.3) is 22.2 Å². The van der Waals surface area contributed by atoms with E-state index in [-0.39, 0.29) is 20.4 Å². The quantitative estimate of drug-likeness (QED) is 0.410. The highest BCUT2D eigenvalue weighted by Crippen LogP contribution is 2.31. The number of anilines is 1. The number of aromatic nitrogens is 2. The first kappa shape index (κ1) is 23.0. The molecule has 0 spiro atoms. The third-order valence-corrected chi connectivity index (χ3v) is 8.72. The first-order valence-electron chi connectivity index (χ1n) is 9.47. The molecule has 4 aromatic rings. The molecule has 172 valence electrons. The number of nitrogens with zero attached hydrogens (tertiary/aromatic N) is 1. The third-order valence-electron chi connectivity index (χ3n) is 4.89. The minimum absolute atomic E-state index is 0.130. The van der Waals surface area contributed by atoms with Crippen LogP contribution in [0.5, 0.6) is 0 Å². The van der Waals surface area contributed by atoms with Gasteiger partial charge in [0.15, 0.2) is 19.7 Å². The van der Waals surface area contributed by atoms with Crippen LogP contribution in [0.2, 0.25) is 0 Å². The van der Waals surface area contributed by atoms with E-state index in [2.05, 4.69) is 14.9 Å². The number of rotatable bonds is 6. The zero-order chi connectivity index (χ0) is 24.0. The van der Waals surface area contributed by atoms with Crippen molar-refractivity contribution >= 4 is 46.3 Å². The van der Waals surface area contributed by atoms with Crippen LogP contribution in [-0.2, 0) is 29.7 Å². The highest BCUT2D eigenvalue weighted by Gasteiger charge is 2.24. The van der Waals surface area contributed by atoms with Gasteiger partial charge in [-0.3, -0.25) is 9.82 Å². The maximum Gasteiger partial charge on any atom is 0.263 e. The van der Waals surface area contributed by atoms with Crippen LogP contribution in [0.3, 0.4) is 0 Å². The Hall–Kier alpha value is -3.22. The number of fused-ring (bicyclic) bond motifs is 1. The number of hydrogen-bond donors (Lipinski definition) is 2. The topological polar surface area (TPSA) is 143 Å². The molecule has 4 rings (SSSR count). The maximum absolute atomic E-state index is 13.0. The average molecular weight is 506 g/mol. The van der Waals surface area contributed by atoms with Crippen molar-refractivity contribution in [1.82, 2.24) is 10.2 Å². The van der Waals surface area contributed by atoms with Crippen molar-refractivity contribution in [3.8, 4) is 11.3 Å². The van der Waals surface area contributed by atoms with Gasteiger partial charge >= 0.3 is 0 Å². The lowest BCUT2D eigenvalue weighted by atomic mass is 10.1. The van der Waals surface area contributed by atoms with Gasteiger partial charge in [0.05, 0.1) is 15.3 Å². The summed E-state index contributed by atoms with van der Waals surface area (Å²) in [6, 6.07) is 16.3. The second-order valence-corrected chi connectivity index (χ2v) is 13.1. The molecular formula is C21H19N3O6S3. The summed E-state index contributed by atoms with van der Waals surface area (Å²) in [7, 11) is -11.4. The molecule has 0 aliphatic heterocycles. The fraction of sp³-hybridized carbons (Fsp3) is 0.0952. The molecule has 33 heavy (non-hydrogen) atoms. The Morgan fingerprint density at radius 1 is 0.758 bits per heavy atom. The molecule has 0 aliphatic carbocycles. The lowest BCUT2D eigenvalue weighted by Crippen LogP contribution is -2.16. The van der Waals surface area contributed by atoms with Crippen molar-refractivity contribution in [2.45, 2.75) is 14.7 Å². The van der Waals surface area contributed by atoms with Crippen molar-refractivity contribution in [3.63, 3.8) is 0 Å². The highest BCUT2D eigenvalue weighted by molar-refractivity contribution is 7.95. The normalized spacial score (nSPS) is 12.7. The van der Waals surface area contributed by atoms with Gasteiger partial charge in [-0.2, -0.15) is 5.10 Å². The van der Waals surface area contributed by atoms with Crippen molar-refractivity contribution in [2.24, 2.45) is 0 Å². The Morgan fingerprint density at radius 3 is 2.12 bits per heavy atom. The van der Waals surface area contributed by atoms with Crippen molar-refractivity contribution < 1.29 is 25.3 Å². The Morgan fingerprint density at radius 2 is 1.45 bits per heavy atom. The molecule has 1 aromatic heterocycles. The summed E-state index contributed by atoms with van der Waals surface area (Å²) >= 11 is 0. The first-order chi connectivity index (χ1) is 15.4. The summed E-state index contributed by atoms with van der Waals surface area (Å²) in [6.45, 7) is 0. The van der Waals surface area contributed by atoms with Crippen LogP contribution < -0.4 is 4.72 Å². The monoisotopic (exact) mass is 505 g/mol. The molecule has 0 fully saturated rings. The first-order valence-corrected chi connectivity index (χ1v) is 14.7. The summed E-state index contributed by atoms with van der Waals surface area (Å²) in [5, 5.41) is 7.65. The van der Waals surface area contributed by atoms with E-state index in [0.717, 1.165) is 12.5 Å². The van der Waals surface area contributed by atoms with Crippen LogP contribution in [0.4, 0.5) is 5.69 Å². The van der Waals surface area contributed by atoms with Gasteiger partial charge in [-0.05, 0) is 42.5 Å². The molecule has 9 nitrogen and oxygen atoms in total. The van der Waals surface area contributed by atoms with E-state index >= 15 is 0 Å². The number of aromatic amines is 1. The summed E-state index contributed by atoms with van der Waals surface area (Å²) < 4.78 is 76.3.